The monoisotopic (exact) mass is 355 g/mol. The van der Waals surface area contributed by atoms with E-state index in [1.807, 2.05) is 0 Å². The van der Waals surface area contributed by atoms with Crippen molar-refractivity contribution in [1.29, 1.82) is 0 Å². The van der Waals surface area contributed by atoms with E-state index in [-0.39, 0.29) is 11.4 Å². The quantitative estimate of drug-likeness (QED) is 0.879. The summed E-state index contributed by atoms with van der Waals surface area (Å²) in [5.74, 6) is 2.89. The molecule has 2 heterocycles. The van der Waals surface area contributed by atoms with E-state index < -0.39 is 0 Å². The van der Waals surface area contributed by atoms with Gasteiger partial charge in [0.05, 0.1) is 0 Å². The molecule has 2 N–H and O–H groups in total. The third-order valence-corrected chi connectivity index (χ3v) is 6.70. The average Bonchev–Trinajstić information content (AvgIpc) is 3.03. The highest BCUT2D eigenvalue weighted by molar-refractivity contribution is 7.14. The normalized spacial score (nSPS) is 32.6. The number of aromatic nitrogens is 3. The largest absolute Gasteiger partial charge is 0.345 e. The van der Waals surface area contributed by atoms with Gasteiger partial charge < -0.3 is 10.6 Å². The Balaban J connectivity index is 1.29. The van der Waals surface area contributed by atoms with Crippen molar-refractivity contribution in [2.45, 2.75) is 44.1 Å². The van der Waals surface area contributed by atoms with E-state index in [0.29, 0.717) is 16.8 Å². The summed E-state index contributed by atoms with van der Waals surface area (Å²) < 4.78 is 0. The van der Waals surface area contributed by atoms with Crippen molar-refractivity contribution in [3.8, 4) is 0 Å². The molecule has 0 radical (unpaired) electrons. The molecule has 1 amide bonds. The van der Waals surface area contributed by atoms with Crippen molar-refractivity contribution in [2.24, 2.45) is 17.8 Å². The van der Waals surface area contributed by atoms with Crippen molar-refractivity contribution in [3.63, 3.8) is 0 Å². The summed E-state index contributed by atoms with van der Waals surface area (Å²) in [5, 5.41) is 8.86. The molecule has 0 unspecified atom stereocenters. The number of amides is 1. The van der Waals surface area contributed by atoms with Gasteiger partial charge in [0.1, 0.15) is 5.69 Å². The smallest absolute Gasteiger partial charge is 0.271 e. The van der Waals surface area contributed by atoms with Gasteiger partial charge in [0, 0.05) is 23.3 Å². The number of hydrogen-bond donors (Lipinski definition) is 2. The molecule has 0 aromatic carbocycles. The van der Waals surface area contributed by atoms with E-state index in [9.17, 15) is 4.79 Å². The van der Waals surface area contributed by atoms with Gasteiger partial charge in [-0.1, -0.05) is 0 Å². The zero-order valence-electron chi connectivity index (χ0n) is 13.9. The molecule has 0 atom stereocenters. The molecule has 0 saturated heterocycles. The Hall–Kier alpha value is -2.02. The summed E-state index contributed by atoms with van der Waals surface area (Å²) in [5.41, 5.74) is 0.505. The molecule has 4 aliphatic carbocycles. The standard InChI is InChI=1S/C18H21N5OS/c24-15(14-10-25-17(21-14)22-16-19-2-1-3-20-16)23-18-7-11-4-12(8-18)6-13(5-11)9-18/h1-3,10-13H,4-9H2,(H,23,24)(H,19,20,21,22). The highest BCUT2D eigenvalue weighted by Crippen LogP contribution is 2.55. The molecular formula is C18H21N5OS. The first kappa shape index (κ1) is 15.3. The van der Waals surface area contributed by atoms with Crippen molar-refractivity contribution in [1.82, 2.24) is 20.3 Å². The number of thiazole rings is 1. The number of nitrogens with zero attached hydrogens (tertiary/aromatic N) is 3. The predicted octanol–water partition coefficient (Wildman–Crippen LogP) is 3.38. The second-order valence-electron chi connectivity index (χ2n) is 7.89. The Morgan fingerprint density at radius 1 is 1.08 bits per heavy atom. The Kier molecular flexibility index (Phi) is 3.51. The predicted molar refractivity (Wildman–Crippen MR) is 95.8 cm³/mol. The highest BCUT2D eigenvalue weighted by atomic mass is 32.1. The molecule has 0 spiro atoms. The van der Waals surface area contributed by atoms with Crippen molar-refractivity contribution in [2.75, 3.05) is 5.32 Å². The minimum absolute atomic E-state index is 0.0194. The van der Waals surface area contributed by atoms with E-state index in [0.717, 1.165) is 37.0 Å². The summed E-state index contributed by atoms with van der Waals surface area (Å²) in [6, 6.07) is 1.76. The molecule has 25 heavy (non-hydrogen) atoms. The molecule has 2 aromatic heterocycles. The van der Waals surface area contributed by atoms with Crippen molar-refractivity contribution in [3.05, 3.63) is 29.5 Å². The highest BCUT2D eigenvalue weighted by Gasteiger charge is 2.51. The fourth-order valence-corrected chi connectivity index (χ4v) is 6.15. The first-order valence-corrected chi connectivity index (χ1v) is 9.87. The van der Waals surface area contributed by atoms with Crippen LogP contribution in [0.4, 0.5) is 11.1 Å². The number of nitrogens with one attached hydrogen (secondary N) is 2. The van der Waals surface area contributed by atoms with Crippen LogP contribution in [0.15, 0.2) is 23.8 Å². The number of carbonyl (C=O) groups excluding carboxylic acids is 1. The van der Waals surface area contributed by atoms with Crippen LogP contribution in [0.5, 0.6) is 0 Å². The topological polar surface area (TPSA) is 79.8 Å². The molecule has 0 aliphatic heterocycles. The molecule has 6 rings (SSSR count). The van der Waals surface area contributed by atoms with Crippen LogP contribution in [0.1, 0.15) is 49.0 Å². The maximum Gasteiger partial charge on any atom is 0.271 e. The van der Waals surface area contributed by atoms with E-state index in [1.54, 1.807) is 23.8 Å². The minimum atomic E-state index is -0.0415. The van der Waals surface area contributed by atoms with Crippen LogP contribution in [0.2, 0.25) is 0 Å². The lowest BCUT2D eigenvalue weighted by molar-refractivity contribution is -0.0167. The van der Waals surface area contributed by atoms with E-state index in [2.05, 4.69) is 25.6 Å². The van der Waals surface area contributed by atoms with Crippen LogP contribution >= 0.6 is 11.3 Å². The minimum Gasteiger partial charge on any atom is -0.345 e. The number of hydrogen-bond acceptors (Lipinski definition) is 6. The van der Waals surface area contributed by atoms with Gasteiger partial charge in [-0.15, -0.1) is 11.3 Å². The van der Waals surface area contributed by atoms with Crippen LogP contribution in [0.3, 0.4) is 0 Å². The molecule has 7 heteroatoms. The lowest BCUT2D eigenvalue weighted by atomic mass is 9.53. The Labute approximate surface area is 150 Å². The Morgan fingerprint density at radius 2 is 1.72 bits per heavy atom. The van der Waals surface area contributed by atoms with Crippen molar-refractivity contribution >= 4 is 28.3 Å². The SMILES string of the molecule is O=C(NC12CC3CC(CC(C3)C1)C2)c1csc(Nc2ncccn2)n1. The van der Waals surface area contributed by atoms with E-state index in [1.165, 1.54) is 30.6 Å². The molecule has 2 aromatic rings. The van der Waals surface area contributed by atoms with Gasteiger partial charge in [0.15, 0.2) is 5.13 Å². The number of anilines is 2. The van der Waals surface area contributed by atoms with Gasteiger partial charge in [-0.2, -0.15) is 0 Å². The van der Waals surface area contributed by atoms with Gasteiger partial charge in [0.25, 0.3) is 5.91 Å². The molecule has 6 nitrogen and oxygen atoms in total. The summed E-state index contributed by atoms with van der Waals surface area (Å²) in [7, 11) is 0. The Bertz CT molecular complexity index is 754. The van der Waals surface area contributed by atoms with Gasteiger partial charge in [-0.3, -0.25) is 4.79 Å². The van der Waals surface area contributed by atoms with Crippen LogP contribution in [-0.4, -0.2) is 26.4 Å². The second kappa shape index (κ2) is 5.76. The number of rotatable bonds is 4. The average molecular weight is 355 g/mol. The van der Waals surface area contributed by atoms with Gasteiger partial charge >= 0.3 is 0 Å². The van der Waals surface area contributed by atoms with E-state index >= 15 is 0 Å². The van der Waals surface area contributed by atoms with Gasteiger partial charge in [0.2, 0.25) is 5.95 Å². The molecule has 130 valence electrons. The Morgan fingerprint density at radius 3 is 2.36 bits per heavy atom. The first-order valence-electron chi connectivity index (χ1n) is 9.00. The summed E-state index contributed by atoms with van der Waals surface area (Å²) in [6.07, 6.45) is 10.9. The fourth-order valence-electron chi connectivity index (χ4n) is 5.46. The van der Waals surface area contributed by atoms with Crippen LogP contribution in [0.25, 0.3) is 0 Å². The van der Waals surface area contributed by atoms with Crippen LogP contribution < -0.4 is 10.6 Å². The molecule has 4 aliphatic rings. The van der Waals surface area contributed by atoms with Gasteiger partial charge in [-0.25, -0.2) is 15.0 Å². The first-order chi connectivity index (χ1) is 12.2. The lowest BCUT2D eigenvalue weighted by Crippen LogP contribution is -2.59. The third kappa shape index (κ3) is 2.90. The zero-order chi connectivity index (χ0) is 16.9. The summed E-state index contributed by atoms with van der Waals surface area (Å²) >= 11 is 1.40. The molecule has 4 fully saturated rings. The van der Waals surface area contributed by atoms with Crippen LogP contribution in [0, 0.1) is 17.8 Å². The maximum absolute atomic E-state index is 12.8. The number of carbonyl (C=O) groups is 1. The lowest BCUT2D eigenvalue weighted by Gasteiger charge is -2.56. The molecular weight excluding hydrogens is 334 g/mol. The summed E-state index contributed by atoms with van der Waals surface area (Å²) in [6.45, 7) is 0. The molecule has 4 bridgehead atoms. The zero-order valence-corrected chi connectivity index (χ0v) is 14.8. The fraction of sp³-hybridized carbons (Fsp3) is 0.556. The van der Waals surface area contributed by atoms with Crippen molar-refractivity contribution < 1.29 is 4.79 Å². The van der Waals surface area contributed by atoms with Gasteiger partial charge in [-0.05, 0) is 62.3 Å². The maximum atomic E-state index is 12.8. The molecule has 4 saturated carbocycles. The van der Waals surface area contributed by atoms with Crippen LogP contribution in [-0.2, 0) is 0 Å². The summed E-state index contributed by atoms with van der Waals surface area (Å²) in [4.78, 5) is 25.4. The second-order valence-corrected chi connectivity index (χ2v) is 8.75. The van der Waals surface area contributed by atoms with E-state index in [4.69, 9.17) is 0 Å². The third-order valence-electron chi connectivity index (χ3n) is 5.94.